The van der Waals surface area contributed by atoms with Crippen LogP contribution in [-0.2, 0) is 24.4 Å². The van der Waals surface area contributed by atoms with Crippen molar-refractivity contribution >= 4 is 33.4 Å². The van der Waals surface area contributed by atoms with E-state index in [1.165, 1.54) is 22.5 Å². The maximum absolute atomic E-state index is 12.8. The first-order valence-corrected chi connectivity index (χ1v) is 11.0. The SMILES string of the molecule is CCN(CC)S(=O)(=O)c1ccc(OC(C)C)c(NC(=O)CN2C(=O)CCC2=O)c1. The van der Waals surface area contributed by atoms with E-state index < -0.39 is 34.3 Å². The van der Waals surface area contributed by atoms with Crippen LogP contribution in [0.5, 0.6) is 5.75 Å². The fourth-order valence-corrected chi connectivity index (χ4v) is 4.45. The number of benzene rings is 1. The molecule has 3 amide bonds. The Bertz CT molecular complexity index is 877. The standard InChI is InChI=1S/C19H27N3O6S/c1-5-21(6-2)29(26,27)14-7-8-16(28-13(3)4)15(11-14)20-17(23)12-22-18(24)9-10-19(22)25/h7-8,11,13H,5-6,9-10,12H2,1-4H3,(H,20,23). The molecule has 1 N–H and O–H groups in total. The van der Waals surface area contributed by atoms with Crippen LogP contribution in [0.4, 0.5) is 5.69 Å². The second-order valence-corrected chi connectivity index (χ2v) is 8.77. The molecule has 0 spiro atoms. The van der Waals surface area contributed by atoms with Gasteiger partial charge in [-0.05, 0) is 32.0 Å². The van der Waals surface area contributed by atoms with Crippen LogP contribution >= 0.6 is 0 Å². The molecule has 1 fully saturated rings. The number of carbonyl (C=O) groups is 3. The summed E-state index contributed by atoms with van der Waals surface area (Å²) in [6.45, 7) is 7.27. The maximum Gasteiger partial charge on any atom is 0.244 e. The van der Waals surface area contributed by atoms with Gasteiger partial charge in [0.05, 0.1) is 16.7 Å². The molecule has 1 aromatic carbocycles. The molecule has 2 rings (SSSR count). The summed E-state index contributed by atoms with van der Waals surface area (Å²) >= 11 is 0. The number of amides is 3. The fraction of sp³-hybridized carbons (Fsp3) is 0.526. The average molecular weight is 426 g/mol. The van der Waals surface area contributed by atoms with Crippen molar-refractivity contribution in [2.75, 3.05) is 25.0 Å². The molecule has 1 aliphatic rings. The summed E-state index contributed by atoms with van der Waals surface area (Å²) in [5.41, 5.74) is 0.163. The first kappa shape index (κ1) is 22.8. The molecule has 0 saturated carbocycles. The van der Waals surface area contributed by atoms with Gasteiger partial charge in [0.1, 0.15) is 12.3 Å². The highest BCUT2D eigenvalue weighted by Gasteiger charge is 2.31. The van der Waals surface area contributed by atoms with Crippen LogP contribution in [0.15, 0.2) is 23.1 Å². The minimum atomic E-state index is -3.74. The summed E-state index contributed by atoms with van der Waals surface area (Å²) < 4.78 is 32.6. The van der Waals surface area contributed by atoms with E-state index in [0.717, 1.165) is 4.90 Å². The van der Waals surface area contributed by atoms with Crippen molar-refractivity contribution in [1.82, 2.24) is 9.21 Å². The second-order valence-electron chi connectivity index (χ2n) is 6.84. The number of hydrogen-bond donors (Lipinski definition) is 1. The van der Waals surface area contributed by atoms with Gasteiger partial charge in [-0.3, -0.25) is 19.3 Å². The number of imide groups is 1. The molecule has 9 nitrogen and oxygen atoms in total. The predicted molar refractivity (Wildman–Crippen MR) is 107 cm³/mol. The summed E-state index contributed by atoms with van der Waals surface area (Å²) in [6.07, 6.45) is -0.0331. The monoisotopic (exact) mass is 425 g/mol. The van der Waals surface area contributed by atoms with E-state index in [1.54, 1.807) is 27.7 Å². The van der Waals surface area contributed by atoms with Crippen molar-refractivity contribution in [2.45, 2.75) is 51.5 Å². The van der Waals surface area contributed by atoms with Gasteiger partial charge < -0.3 is 10.1 Å². The lowest BCUT2D eigenvalue weighted by Crippen LogP contribution is -2.37. The third-order valence-electron chi connectivity index (χ3n) is 4.39. The number of nitrogens with one attached hydrogen (secondary N) is 1. The Kier molecular flexibility index (Phi) is 7.37. The molecule has 1 heterocycles. The molecular formula is C19H27N3O6S. The van der Waals surface area contributed by atoms with Crippen LogP contribution in [0.1, 0.15) is 40.5 Å². The molecule has 0 bridgehead atoms. The quantitative estimate of drug-likeness (QED) is 0.601. The third kappa shape index (κ3) is 5.33. The summed E-state index contributed by atoms with van der Waals surface area (Å²) in [5, 5.41) is 2.58. The number of likely N-dealkylation sites (tertiary alicyclic amines) is 1. The fourth-order valence-electron chi connectivity index (χ4n) is 2.97. The number of carbonyl (C=O) groups excluding carboxylic acids is 3. The summed E-state index contributed by atoms with van der Waals surface area (Å²) in [6, 6.07) is 4.24. The third-order valence-corrected chi connectivity index (χ3v) is 6.43. The minimum Gasteiger partial charge on any atom is -0.489 e. The smallest absolute Gasteiger partial charge is 0.244 e. The van der Waals surface area contributed by atoms with Gasteiger partial charge in [0, 0.05) is 25.9 Å². The Morgan fingerprint density at radius 1 is 1.17 bits per heavy atom. The van der Waals surface area contributed by atoms with E-state index in [4.69, 9.17) is 4.74 Å². The van der Waals surface area contributed by atoms with Crippen LogP contribution in [0.25, 0.3) is 0 Å². The summed E-state index contributed by atoms with van der Waals surface area (Å²) in [4.78, 5) is 36.8. The first-order chi connectivity index (χ1) is 13.6. The van der Waals surface area contributed by atoms with Crippen LogP contribution in [0.3, 0.4) is 0 Å². The largest absolute Gasteiger partial charge is 0.489 e. The van der Waals surface area contributed by atoms with Gasteiger partial charge in [-0.25, -0.2) is 8.42 Å². The van der Waals surface area contributed by atoms with Crippen molar-refractivity contribution in [3.63, 3.8) is 0 Å². The molecule has 0 unspecified atom stereocenters. The van der Waals surface area contributed by atoms with Crippen LogP contribution < -0.4 is 10.1 Å². The number of rotatable bonds is 9. The van der Waals surface area contributed by atoms with Gasteiger partial charge in [0.15, 0.2) is 0 Å². The Morgan fingerprint density at radius 3 is 2.28 bits per heavy atom. The zero-order chi connectivity index (χ0) is 21.8. The van der Waals surface area contributed by atoms with E-state index in [1.807, 2.05) is 0 Å². The first-order valence-electron chi connectivity index (χ1n) is 9.54. The highest BCUT2D eigenvalue weighted by molar-refractivity contribution is 7.89. The van der Waals surface area contributed by atoms with Gasteiger partial charge in [-0.1, -0.05) is 13.8 Å². The molecule has 1 aliphatic heterocycles. The van der Waals surface area contributed by atoms with E-state index in [9.17, 15) is 22.8 Å². The van der Waals surface area contributed by atoms with Crippen LogP contribution in [-0.4, -0.2) is 61.1 Å². The molecule has 160 valence electrons. The number of anilines is 1. The Balaban J connectivity index is 2.33. The highest BCUT2D eigenvalue weighted by atomic mass is 32.2. The predicted octanol–water partition coefficient (Wildman–Crippen LogP) is 1.59. The Labute approximate surface area is 171 Å². The molecule has 29 heavy (non-hydrogen) atoms. The van der Waals surface area contributed by atoms with E-state index in [2.05, 4.69) is 5.32 Å². The van der Waals surface area contributed by atoms with Gasteiger partial charge >= 0.3 is 0 Å². The summed E-state index contributed by atoms with van der Waals surface area (Å²) in [5.74, 6) is -1.12. The highest BCUT2D eigenvalue weighted by Crippen LogP contribution is 2.30. The zero-order valence-electron chi connectivity index (χ0n) is 17.1. The van der Waals surface area contributed by atoms with Gasteiger partial charge in [-0.15, -0.1) is 0 Å². The minimum absolute atomic E-state index is 0.0148. The zero-order valence-corrected chi connectivity index (χ0v) is 17.9. The molecule has 1 aromatic rings. The van der Waals surface area contributed by atoms with Gasteiger partial charge in [0.2, 0.25) is 27.7 Å². The van der Waals surface area contributed by atoms with Crippen molar-refractivity contribution in [3.05, 3.63) is 18.2 Å². The molecule has 10 heteroatoms. The van der Waals surface area contributed by atoms with Crippen LogP contribution in [0.2, 0.25) is 0 Å². The Morgan fingerprint density at radius 2 is 1.76 bits per heavy atom. The summed E-state index contributed by atoms with van der Waals surface area (Å²) in [7, 11) is -3.74. The number of ether oxygens (including phenoxy) is 1. The lowest BCUT2D eigenvalue weighted by atomic mass is 10.2. The number of sulfonamides is 1. The maximum atomic E-state index is 12.8. The van der Waals surface area contributed by atoms with Gasteiger partial charge in [-0.2, -0.15) is 4.31 Å². The number of nitrogens with zero attached hydrogens (tertiary/aromatic N) is 2. The van der Waals surface area contributed by atoms with Crippen molar-refractivity contribution in [2.24, 2.45) is 0 Å². The molecule has 1 saturated heterocycles. The normalized spacial score (nSPS) is 14.8. The van der Waals surface area contributed by atoms with Crippen molar-refractivity contribution in [1.29, 1.82) is 0 Å². The lowest BCUT2D eigenvalue weighted by molar-refractivity contribution is -0.141. The Hall–Kier alpha value is -2.46. The number of hydrogen-bond acceptors (Lipinski definition) is 6. The topological polar surface area (TPSA) is 113 Å². The van der Waals surface area contributed by atoms with E-state index in [0.29, 0.717) is 18.8 Å². The lowest BCUT2D eigenvalue weighted by Gasteiger charge is -2.21. The van der Waals surface area contributed by atoms with Crippen molar-refractivity contribution < 1.29 is 27.5 Å². The molecule has 0 aliphatic carbocycles. The molecule has 0 atom stereocenters. The molecule has 0 aromatic heterocycles. The molecule has 0 radical (unpaired) electrons. The second kappa shape index (κ2) is 9.36. The average Bonchev–Trinajstić information content (AvgIpc) is 2.95. The van der Waals surface area contributed by atoms with Crippen LogP contribution in [0, 0.1) is 0 Å². The molecular weight excluding hydrogens is 398 g/mol. The van der Waals surface area contributed by atoms with E-state index in [-0.39, 0.29) is 29.5 Å². The van der Waals surface area contributed by atoms with E-state index >= 15 is 0 Å². The van der Waals surface area contributed by atoms with Gasteiger partial charge in [0.25, 0.3) is 0 Å². The van der Waals surface area contributed by atoms with Crippen molar-refractivity contribution in [3.8, 4) is 5.75 Å².